The number of rotatable bonds is 7. The number of carboxylic acids is 1. The van der Waals surface area contributed by atoms with Gasteiger partial charge in [0, 0.05) is 17.2 Å². The molecule has 0 radical (unpaired) electrons. The molecule has 0 unspecified atom stereocenters. The molecule has 0 spiro atoms. The maximum absolute atomic E-state index is 12.7. The third kappa shape index (κ3) is 5.35. The van der Waals surface area contributed by atoms with Crippen molar-refractivity contribution in [2.24, 2.45) is 0 Å². The molecule has 5 aromatic rings. The van der Waals surface area contributed by atoms with Crippen LogP contribution in [0.4, 0.5) is 0 Å². The van der Waals surface area contributed by atoms with Gasteiger partial charge in [-0.1, -0.05) is 78.9 Å². The van der Waals surface area contributed by atoms with Crippen LogP contribution >= 0.6 is 0 Å². The van der Waals surface area contributed by atoms with Crippen molar-refractivity contribution in [2.75, 3.05) is 0 Å². The van der Waals surface area contributed by atoms with Crippen LogP contribution in [-0.2, 0) is 16.5 Å². The molecule has 1 aliphatic rings. The molecule has 1 aliphatic carbocycles. The van der Waals surface area contributed by atoms with Crippen molar-refractivity contribution in [1.29, 1.82) is 0 Å². The van der Waals surface area contributed by atoms with E-state index < -0.39 is 27.4 Å². The normalized spacial score (nSPS) is 12.9. The predicted molar refractivity (Wildman–Crippen MR) is 159 cm³/mol. The van der Waals surface area contributed by atoms with Crippen LogP contribution in [0.3, 0.4) is 0 Å². The van der Waals surface area contributed by atoms with E-state index in [0.717, 1.165) is 68.8 Å². The minimum absolute atomic E-state index is 0.0765. The van der Waals surface area contributed by atoms with Crippen molar-refractivity contribution in [3.05, 3.63) is 137 Å². The second-order valence-corrected chi connectivity index (χ2v) is 11.2. The summed E-state index contributed by atoms with van der Waals surface area (Å²) in [6.07, 6.45) is 8.92. The quantitative estimate of drug-likeness (QED) is 0.246. The number of carbonyl (C=O) groups is 1. The summed E-state index contributed by atoms with van der Waals surface area (Å²) in [4.78, 5) is 10.7. The molecule has 0 amide bonds. The number of hydrogen-bond acceptors (Lipinski definition) is 6. The highest BCUT2D eigenvalue weighted by molar-refractivity contribution is 7.87. The summed E-state index contributed by atoms with van der Waals surface area (Å²) in [6.45, 7) is 0. The summed E-state index contributed by atoms with van der Waals surface area (Å²) in [7, 11) is -4.29. The van der Waals surface area contributed by atoms with Crippen LogP contribution in [0.25, 0.3) is 34.4 Å². The second-order valence-electron chi connectivity index (χ2n) is 9.66. The molecule has 4 aromatic carbocycles. The van der Waals surface area contributed by atoms with Gasteiger partial charge in [0.25, 0.3) is 0 Å². The Morgan fingerprint density at radius 3 is 2.19 bits per heavy atom. The van der Waals surface area contributed by atoms with E-state index in [1.54, 1.807) is 12.1 Å². The van der Waals surface area contributed by atoms with Crippen LogP contribution in [0.15, 0.2) is 119 Å². The number of aromatic hydroxyl groups is 1. The molecule has 0 bridgehead atoms. The number of fused-ring (bicyclic) bond motifs is 1. The molecule has 7 nitrogen and oxygen atoms in total. The highest BCUT2D eigenvalue weighted by atomic mass is 32.2. The van der Waals surface area contributed by atoms with E-state index in [9.17, 15) is 18.3 Å². The van der Waals surface area contributed by atoms with Gasteiger partial charge in [-0.3, -0.25) is 0 Å². The molecule has 208 valence electrons. The lowest BCUT2D eigenvalue weighted by atomic mass is 9.96. The summed E-state index contributed by atoms with van der Waals surface area (Å²) in [5, 5.41) is 18.9. The minimum atomic E-state index is -4.29. The monoisotopic (exact) mass is 576 g/mol. The number of hydrogen-bond donors (Lipinski definition) is 2. The summed E-state index contributed by atoms with van der Waals surface area (Å²) < 4.78 is 36.8. The summed E-state index contributed by atoms with van der Waals surface area (Å²) in [5.41, 5.74) is 7.31. The third-order valence-electron chi connectivity index (χ3n) is 6.92. The van der Waals surface area contributed by atoms with E-state index >= 15 is 0 Å². The number of benzene rings is 4. The van der Waals surface area contributed by atoms with Gasteiger partial charge in [-0.15, -0.1) is 0 Å². The molecular formula is C34H24O7S. The standard InChI is InChI=1S/C34H24O7S/c35-30-21-27(18-19-28(30)34(36)37)42(38,39)41-26-16-14-24(15-17-26)23-10-12-25(13-11-23)33-29-8-4-5-9-31(29)40-32(33)20-22-6-2-1-3-7-22/h1-7,9-21,35H,8H2,(H,36,37). The molecule has 1 heterocycles. The topological polar surface area (TPSA) is 114 Å². The number of carboxylic acid groups (broad SMARTS) is 1. The van der Waals surface area contributed by atoms with Crippen LogP contribution in [0.5, 0.6) is 11.5 Å². The van der Waals surface area contributed by atoms with Crippen molar-refractivity contribution in [2.45, 2.75) is 11.3 Å². The lowest BCUT2D eigenvalue weighted by Crippen LogP contribution is -2.10. The zero-order chi connectivity index (χ0) is 29.3. The third-order valence-corrected chi connectivity index (χ3v) is 8.17. The second kappa shape index (κ2) is 10.9. The molecule has 0 saturated carbocycles. The number of aromatic carboxylic acids is 1. The summed E-state index contributed by atoms with van der Waals surface area (Å²) in [5.74, 6) is -1.96. The fraction of sp³-hybridized carbons (Fsp3) is 0.0294. The first-order chi connectivity index (χ1) is 20.3. The van der Waals surface area contributed by atoms with Gasteiger partial charge in [-0.2, -0.15) is 8.42 Å². The van der Waals surface area contributed by atoms with E-state index in [0.29, 0.717) is 0 Å². The SMILES string of the molecule is O=C(O)c1ccc(S(=O)(=O)Oc2ccc(-c3ccc(-c4c5c(oc4=Cc4ccccc4)=CC=CC5)cc3)cc2)cc1O. The van der Waals surface area contributed by atoms with E-state index in [2.05, 4.69) is 6.08 Å². The molecule has 6 rings (SSSR count). The van der Waals surface area contributed by atoms with Crippen molar-refractivity contribution in [3.63, 3.8) is 0 Å². The molecule has 0 saturated heterocycles. The Labute approximate surface area is 241 Å². The zero-order valence-corrected chi connectivity index (χ0v) is 22.9. The maximum atomic E-state index is 12.7. The number of allylic oxidation sites excluding steroid dienone is 2. The van der Waals surface area contributed by atoms with Gasteiger partial charge in [0.15, 0.2) is 0 Å². The molecule has 1 aromatic heterocycles. The first-order valence-electron chi connectivity index (χ1n) is 13.1. The first-order valence-corrected chi connectivity index (χ1v) is 14.5. The number of furan rings is 1. The Balaban J connectivity index is 1.26. The van der Waals surface area contributed by atoms with Gasteiger partial charge < -0.3 is 18.8 Å². The van der Waals surface area contributed by atoms with Gasteiger partial charge in [0.1, 0.15) is 32.8 Å². The molecule has 2 N–H and O–H groups in total. The van der Waals surface area contributed by atoms with Gasteiger partial charge in [-0.25, -0.2) is 4.79 Å². The lowest BCUT2D eigenvalue weighted by molar-refractivity contribution is 0.0693. The van der Waals surface area contributed by atoms with Gasteiger partial charge in [-0.05, 0) is 65.1 Å². The average Bonchev–Trinajstić information content (AvgIpc) is 3.35. The Kier molecular flexibility index (Phi) is 6.98. The maximum Gasteiger partial charge on any atom is 0.339 e. The molecule has 42 heavy (non-hydrogen) atoms. The highest BCUT2D eigenvalue weighted by Crippen LogP contribution is 2.29. The molecule has 0 fully saturated rings. The summed E-state index contributed by atoms with van der Waals surface area (Å²) >= 11 is 0. The van der Waals surface area contributed by atoms with Crippen LogP contribution < -0.4 is 15.0 Å². The smallest absolute Gasteiger partial charge is 0.339 e. The molecule has 0 atom stereocenters. The molecule has 8 heteroatoms. The molecular weight excluding hydrogens is 552 g/mol. The van der Waals surface area contributed by atoms with Crippen LogP contribution in [0, 0.1) is 0 Å². The Morgan fingerprint density at radius 2 is 1.52 bits per heavy atom. The lowest BCUT2D eigenvalue weighted by Gasteiger charge is -2.10. The zero-order valence-electron chi connectivity index (χ0n) is 22.1. The van der Waals surface area contributed by atoms with Gasteiger partial charge in [0.2, 0.25) is 0 Å². The first kappa shape index (κ1) is 26.9. The van der Waals surface area contributed by atoms with E-state index in [-0.39, 0.29) is 10.6 Å². The predicted octanol–water partition coefficient (Wildman–Crippen LogP) is 5.51. The van der Waals surface area contributed by atoms with Crippen molar-refractivity contribution >= 4 is 28.2 Å². The number of phenols is 1. The largest absolute Gasteiger partial charge is 0.507 e. The highest BCUT2D eigenvalue weighted by Gasteiger charge is 2.21. The van der Waals surface area contributed by atoms with Gasteiger partial charge in [0.05, 0.1) is 0 Å². The molecule has 0 aliphatic heterocycles. The fourth-order valence-corrected chi connectivity index (χ4v) is 5.81. The van der Waals surface area contributed by atoms with Crippen LogP contribution in [-0.4, -0.2) is 24.6 Å². The summed E-state index contributed by atoms with van der Waals surface area (Å²) in [6, 6.07) is 27.6. The minimum Gasteiger partial charge on any atom is -0.507 e. The Morgan fingerprint density at radius 1 is 0.857 bits per heavy atom. The van der Waals surface area contributed by atoms with Gasteiger partial charge >= 0.3 is 16.1 Å². The van der Waals surface area contributed by atoms with E-state index in [1.165, 1.54) is 12.1 Å². The van der Waals surface area contributed by atoms with Crippen LogP contribution in [0.2, 0.25) is 0 Å². The Hall–Kier alpha value is -5.34. The van der Waals surface area contributed by atoms with Crippen molar-refractivity contribution < 1.29 is 32.0 Å². The van der Waals surface area contributed by atoms with E-state index in [4.69, 9.17) is 13.7 Å². The van der Waals surface area contributed by atoms with Crippen LogP contribution in [0.1, 0.15) is 21.5 Å². The fourth-order valence-electron chi connectivity index (χ4n) is 4.86. The average molecular weight is 577 g/mol. The van der Waals surface area contributed by atoms with Crippen molar-refractivity contribution in [1.82, 2.24) is 0 Å². The Bertz CT molecular complexity index is 2060. The van der Waals surface area contributed by atoms with Crippen molar-refractivity contribution in [3.8, 4) is 33.8 Å². The van der Waals surface area contributed by atoms with E-state index in [1.807, 2.05) is 72.8 Å².